The molecule has 1 aliphatic carbocycles. The van der Waals surface area contributed by atoms with Crippen molar-refractivity contribution >= 4 is 5.97 Å². The predicted molar refractivity (Wildman–Crippen MR) is 93.0 cm³/mol. The molecule has 1 heterocycles. The second kappa shape index (κ2) is 7.56. The molecule has 0 amide bonds. The normalized spacial score (nSPS) is 19.6. The first-order valence-corrected chi connectivity index (χ1v) is 8.71. The third kappa shape index (κ3) is 3.64. The van der Waals surface area contributed by atoms with Crippen LogP contribution in [-0.4, -0.2) is 22.5 Å². The highest BCUT2D eigenvalue weighted by atomic mass is 16.5. The predicted octanol–water partition coefficient (Wildman–Crippen LogP) is 4.09. The molecule has 1 fully saturated rings. The van der Waals surface area contributed by atoms with Crippen molar-refractivity contribution in [2.75, 3.05) is 6.61 Å². The van der Waals surface area contributed by atoms with Crippen molar-refractivity contribution < 1.29 is 9.53 Å². The molecule has 0 saturated heterocycles. The van der Waals surface area contributed by atoms with Crippen LogP contribution < -0.4 is 0 Å². The monoisotopic (exact) mass is 324 g/mol. The highest BCUT2D eigenvalue weighted by Gasteiger charge is 2.30. The van der Waals surface area contributed by atoms with E-state index in [4.69, 9.17) is 4.74 Å². The molecule has 0 radical (unpaired) electrons. The van der Waals surface area contributed by atoms with E-state index in [1.165, 1.54) is 24.7 Å². The van der Waals surface area contributed by atoms with Crippen molar-refractivity contribution in [3.8, 4) is 0 Å². The Bertz CT molecular complexity index is 694. The number of nitrogens with zero attached hydrogens (tertiary/aromatic N) is 2. The van der Waals surface area contributed by atoms with Gasteiger partial charge in [-0.15, -0.1) is 0 Å². The average Bonchev–Trinajstić information content (AvgIpc) is 2.56. The van der Waals surface area contributed by atoms with Gasteiger partial charge in [-0.2, -0.15) is 0 Å². The minimum atomic E-state index is -0.355. The zero-order valence-electron chi connectivity index (χ0n) is 14.4. The summed E-state index contributed by atoms with van der Waals surface area (Å²) in [5.41, 5.74) is 3.68. The molecule has 1 aliphatic rings. The molecule has 3 rings (SSSR count). The first-order chi connectivity index (χ1) is 11.7. The van der Waals surface area contributed by atoms with E-state index in [2.05, 4.69) is 40.3 Å². The molecule has 1 aromatic carbocycles. The summed E-state index contributed by atoms with van der Waals surface area (Å²) in [6.45, 7) is 4.07. The third-order valence-electron chi connectivity index (χ3n) is 4.95. The van der Waals surface area contributed by atoms with E-state index in [0.29, 0.717) is 18.2 Å². The van der Waals surface area contributed by atoms with Crippen LogP contribution in [0.1, 0.15) is 59.4 Å². The van der Waals surface area contributed by atoms with E-state index in [1.54, 1.807) is 6.92 Å². The maximum atomic E-state index is 11.9. The molecule has 0 atom stereocenters. The number of ether oxygens (including phenoxy) is 1. The fourth-order valence-electron chi connectivity index (χ4n) is 3.45. The van der Waals surface area contributed by atoms with Gasteiger partial charge in [0.1, 0.15) is 6.33 Å². The first-order valence-electron chi connectivity index (χ1n) is 8.71. The van der Waals surface area contributed by atoms with E-state index < -0.39 is 0 Å². The topological polar surface area (TPSA) is 52.1 Å². The van der Waals surface area contributed by atoms with Gasteiger partial charge in [0, 0.05) is 11.3 Å². The Balaban J connectivity index is 1.55. The summed E-state index contributed by atoms with van der Waals surface area (Å²) >= 11 is 0. The molecular weight excluding hydrogens is 300 g/mol. The molecule has 0 N–H and O–H groups in total. The molecule has 0 spiro atoms. The van der Waals surface area contributed by atoms with Crippen LogP contribution in [0.5, 0.6) is 0 Å². The van der Waals surface area contributed by atoms with Crippen LogP contribution in [0.15, 0.2) is 36.7 Å². The largest absolute Gasteiger partial charge is 0.461 e. The van der Waals surface area contributed by atoms with Gasteiger partial charge in [0.15, 0.2) is 5.69 Å². The molecule has 4 nitrogen and oxygen atoms in total. The lowest BCUT2D eigenvalue weighted by molar-refractivity contribution is 0.0518. The fraction of sp³-hybridized carbons (Fsp3) is 0.450. The van der Waals surface area contributed by atoms with Crippen molar-refractivity contribution in [3.63, 3.8) is 0 Å². The van der Waals surface area contributed by atoms with Gasteiger partial charge in [-0.25, -0.2) is 14.8 Å². The van der Waals surface area contributed by atoms with Gasteiger partial charge in [0.05, 0.1) is 6.61 Å². The molecule has 0 unspecified atom stereocenters. The van der Waals surface area contributed by atoms with Crippen molar-refractivity contribution in [2.24, 2.45) is 5.92 Å². The maximum Gasteiger partial charge on any atom is 0.357 e. The van der Waals surface area contributed by atoms with Crippen LogP contribution in [0.2, 0.25) is 0 Å². The Hall–Kier alpha value is -2.23. The Kier molecular flexibility index (Phi) is 5.24. The second-order valence-electron chi connectivity index (χ2n) is 6.50. The zero-order valence-corrected chi connectivity index (χ0v) is 14.4. The molecule has 24 heavy (non-hydrogen) atoms. The molecule has 2 aromatic rings. The average molecular weight is 324 g/mol. The van der Waals surface area contributed by atoms with Crippen LogP contribution >= 0.6 is 0 Å². The minimum absolute atomic E-state index is 0.355. The number of benzene rings is 1. The SMILES string of the molecule is CCOC(=O)c1ncnc(CCC2CC(c3ccccc3)C2)c1C. The molecule has 1 saturated carbocycles. The van der Waals surface area contributed by atoms with Gasteiger partial charge in [0.2, 0.25) is 0 Å². The van der Waals surface area contributed by atoms with E-state index in [1.807, 2.05) is 6.92 Å². The molecule has 0 bridgehead atoms. The molecule has 4 heteroatoms. The zero-order chi connectivity index (χ0) is 16.9. The number of hydrogen-bond donors (Lipinski definition) is 0. The van der Waals surface area contributed by atoms with E-state index >= 15 is 0 Å². The van der Waals surface area contributed by atoms with E-state index in [-0.39, 0.29) is 5.97 Å². The number of carbonyl (C=O) groups is 1. The van der Waals surface area contributed by atoms with E-state index in [0.717, 1.165) is 30.0 Å². The smallest absolute Gasteiger partial charge is 0.357 e. The Morgan fingerprint density at radius 1 is 1.21 bits per heavy atom. The van der Waals surface area contributed by atoms with E-state index in [9.17, 15) is 4.79 Å². The van der Waals surface area contributed by atoms with Crippen LogP contribution in [0, 0.1) is 12.8 Å². The standard InChI is InChI=1S/C20H24N2O2/c1-3-24-20(23)19-14(2)18(21-13-22-19)10-9-15-11-17(12-15)16-7-5-4-6-8-16/h4-8,13,15,17H,3,9-12H2,1-2H3. The highest BCUT2D eigenvalue weighted by molar-refractivity contribution is 5.88. The number of carbonyl (C=O) groups excluding carboxylic acids is 1. The quantitative estimate of drug-likeness (QED) is 0.751. The van der Waals surface area contributed by atoms with Crippen molar-refractivity contribution in [1.29, 1.82) is 0 Å². The number of aryl methyl sites for hydroxylation is 1. The summed E-state index contributed by atoms with van der Waals surface area (Å²) in [4.78, 5) is 20.4. The fourth-order valence-corrected chi connectivity index (χ4v) is 3.45. The second-order valence-corrected chi connectivity index (χ2v) is 6.50. The minimum Gasteiger partial charge on any atom is -0.461 e. The van der Waals surface area contributed by atoms with Crippen LogP contribution in [-0.2, 0) is 11.2 Å². The first kappa shape index (κ1) is 16.6. The Morgan fingerprint density at radius 3 is 2.67 bits per heavy atom. The van der Waals surface area contributed by atoms with Gasteiger partial charge in [0.25, 0.3) is 0 Å². The maximum absolute atomic E-state index is 11.9. The number of hydrogen-bond acceptors (Lipinski definition) is 4. The van der Waals surface area contributed by atoms with Gasteiger partial charge in [-0.05, 0) is 56.9 Å². The third-order valence-corrected chi connectivity index (χ3v) is 4.95. The van der Waals surface area contributed by atoms with Gasteiger partial charge in [-0.1, -0.05) is 30.3 Å². The van der Waals surface area contributed by atoms with Crippen LogP contribution in [0.4, 0.5) is 0 Å². The Labute approximate surface area is 143 Å². The molecule has 0 aliphatic heterocycles. The van der Waals surface area contributed by atoms with Crippen LogP contribution in [0.25, 0.3) is 0 Å². The molecule has 1 aromatic heterocycles. The summed E-state index contributed by atoms with van der Waals surface area (Å²) in [6.07, 6.45) is 5.98. The lowest BCUT2D eigenvalue weighted by Gasteiger charge is -2.36. The van der Waals surface area contributed by atoms with Gasteiger partial charge >= 0.3 is 5.97 Å². The summed E-state index contributed by atoms with van der Waals surface area (Å²) in [7, 11) is 0. The molecular formula is C20H24N2O2. The number of aromatic nitrogens is 2. The van der Waals surface area contributed by atoms with Gasteiger partial charge in [-0.3, -0.25) is 0 Å². The summed E-state index contributed by atoms with van der Waals surface area (Å²) in [5, 5.41) is 0. The number of esters is 1. The van der Waals surface area contributed by atoms with Crippen LogP contribution in [0.3, 0.4) is 0 Å². The lowest BCUT2D eigenvalue weighted by Crippen LogP contribution is -2.22. The van der Waals surface area contributed by atoms with Crippen molar-refractivity contribution in [1.82, 2.24) is 9.97 Å². The Morgan fingerprint density at radius 2 is 1.96 bits per heavy atom. The van der Waals surface area contributed by atoms with Crippen molar-refractivity contribution in [2.45, 2.75) is 45.4 Å². The molecule has 126 valence electrons. The van der Waals surface area contributed by atoms with Gasteiger partial charge < -0.3 is 4.74 Å². The van der Waals surface area contributed by atoms with Crippen molar-refractivity contribution in [3.05, 3.63) is 59.2 Å². The number of rotatable bonds is 6. The summed E-state index contributed by atoms with van der Waals surface area (Å²) in [5.74, 6) is 1.10. The summed E-state index contributed by atoms with van der Waals surface area (Å²) < 4.78 is 5.06. The summed E-state index contributed by atoms with van der Waals surface area (Å²) in [6, 6.07) is 10.7. The lowest BCUT2D eigenvalue weighted by atomic mass is 9.69. The highest BCUT2D eigenvalue weighted by Crippen LogP contribution is 2.43.